The minimum Gasteiger partial charge on any atom is -0.295 e. The van der Waals surface area contributed by atoms with Gasteiger partial charge in [0.2, 0.25) is 0 Å². The average molecular weight is 218 g/mol. The molecular weight excluding hydrogens is 196 g/mol. The number of hydrogen-bond acceptors (Lipinski definition) is 2. The van der Waals surface area contributed by atoms with Crippen LogP contribution in [0.4, 0.5) is 0 Å². The number of aryl methyl sites for hydroxylation is 1. The first-order chi connectivity index (χ1) is 7.66. The molecule has 16 heavy (non-hydrogen) atoms. The highest BCUT2D eigenvalue weighted by atomic mass is 15.2. The minimum absolute atomic E-state index is 0.558. The first-order valence-corrected chi connectivity index (χ1v) is 6.34. The van der Waals surface area contributed by atoms with Gasteiger partial charge in [0, 0.05) is 12.2 Å². The summed E-state index contributed by atoms with van der Waals surface area (Å²) >= 11 is 0. The lowest BCUT2D eigenvalue weighted by Crippen LogP contribution is -2.27. The molecule has 1 aliphatic rings. The monoisotopic (exact) mass is 218 g/mol. The summed E-state index contributed by atoms with van der Waals surface area (Å²) in [4.78, 5) is 7.26. The molecule has 1 saturated heterocycles. The predicted octanol–water partition coefficient (Wildman–Crippen LogP) is 3.18. The van der Waals surface area contributed by atoms with Gasteiger partial charge >= 0.3 is 0 Å². The van der Waals surface area contributed by atoms with E-state index in [1.165, 1.54) is 31.6 Å². The summed E-state index contributed by atoms with van der Waals surface area (Å²) in [6.45, 7) is 9.09. The van der Waals surface area contributed by atoms with Crippen LogP contribution in [0.3, 0.4) is 0 Å². The lowest BCUT2D eigenvalue weighted by Gasteiger charge is -2.25. The number of nitrogens with zero attached hydrogens (tertiary/aromatic N) is 2. The van der Waals surface area contributed by atoms with Crippen molar-refractivity contribution in [3.8, 4) is 0 Å². The Morgan fingerprint density at radius 2 is 2.25 bits per heavy atom. The van der Waals surface area contributed by atoms with Gasteiger partial charge in [0.25, 0.3) is 0 Å². The lowest BCUT2D eigenvalue weighted by molar-refractivity contribution is 0.225. The van der Waals surface area contributed by atoms with Crippen molar-refractivity contribution in [1.29, 1.82) is 0 Å². The molecule has 0 spiro atoms. The van der Waals surface area contributed by atoms with Crippen molar-refractivity contribution in [2.45, 2.75) is 39.7 Å². The maximum absolute atomic E-state index is 4.67. The van der Waals surface area contributed by atoms with Gasteiger partial charge in [-0.25, -0.2) is 0 Å². The molecular formula is C14H22N2. The molecule has 0 aromatic carbocycles. The average Bonchev–Trinajstić information content (AvgIpc) is 2.65. The summed E-state index contributed by atoms with van der Waals surface area (Å²) in [6.07, 6.45) is 2.58. The fourth-order valence-electron chi connectivity index (χ4n) is 2.60. The van der Waals surface area contributed by atoms with E-state index in [1.54, 1.807) is 0 Å². The zero-order valence-electron chi connectivity index (χ0n) is 10.6. The van der Waals surface area contributed by atoms with Crippen LogP contribution in [0.25, 0.3) is 0 Å². The van der Waals surface area contributed by atoms with Gasteiger partial charge in [-0.05, 0) is 44.4 Å². The minimum atomic E-state index is 0.558. The van der Waals surface area contributed by atoms with Crippen LogP contribution in [0.1, 0.15) is 44.1 Å². The quantitative estimate of drug-likeness (QED) is 0.774. The molecule has 1 aliphatic heterocycles. The molecule has 1 fully saturated rings. The highest BCUT2D eigenvalue weighted by Crippen LogP contribution is 2.31. The molecule has 1 atom stereocenters. The highest BCUT2D eigenvalue weighted by Gasteiger charge is 2.27. The van der Waals surface area contributed by atoms with Crippen LogP contribution in [0.15, 0.2) is 18.2 Å². The van der Waals surface area contributed by atoms with Crippen LogP contribution in [-0.4, -0.2) is 23.0 Å². The van der Waals surface area contributed by atoms with Crippen molar-refractivity contribution in [3.05, 3.63) is 29.6 Å². The van der Waals surface area contributed by atoms with E-state index < -0.39 is 0 Å². The number of aromatic nitrogens is 1. The van der Waals surface area contributed by atoms with Crippen LogP contribution in [0.5, 0.6) is 0 Å². The Balaban J connectivity index is 2.13. The molecule has 0 N–H and O–H groups in total. The fourth-order valence-corrected chi connectivity index (χ4v) is 2.60. The summed E-state index contributed by atoms with van der Waals surface area (Å²) in [6, 6.07) is 6.94. The largest absolute Gasteiger partial charge is 0.295 e. The molecule has 88 valence electrons. The van der Waals surface area contributed by atoms with E-state index in [2.05, 4.69) is 48.9 Å². The Kier molecular flexibility index (Phi) is 3.59. The molecule has 1 aromatic heterocycles. The maximum atomic E-state index is 4.67. The molecule has 0 bridgehead atoms. The van der Waals surface area contributed by atoms with E-state index >= 15 is 0 Å². The van der Waals surface area contributed by atoms with Gasteiger partial charge in [-0.1, -0.05) is 19.9 Å². The summed E-state index contributed by atoms with van der Waals surface area (Å²) in [5, 5.41) is 0. The topological polar surface area (TPSA) is 16.1 Å². The SMILES string of the molecule is Cc1cccc(C2CCCN2CC(C)C)n1. The molecule has 2 heterocycles. The summed E-state index contributed by atoms with van der Waals surface area (Å²) < 4.78 is 0. The molecule has 0 radical (unpaired) electrons. The van der Waals surface area contributed by atoms with E-state index in [0.717, 1.165) is 11.6 Å². The maximum Gasteiger partial charge on any atom is 0.0578 e. The van der Waals surface area contributed by atoms with E-state index in [1.807, 2.05) is 0 Å². The number of pyridine rings is 1. The van der Waals surface area contributed by atoms with Crippen LogP contribution < -0.4 is 0 Å². The Morgan fingerprint density at radius 1 is 1.44 bits per heavy atom. The Bertz CT molecular complexity index is 346. The van der Waals surface area contributed by atoms with Crippen molar-refractivity contribution < 1.29 is 0 Å². The first-order valence-electron chi connectivity index (χ1n) is 6.34. The van der Waals surface area contributed by atoms with Crippen LogP contribution >= 0.6 is 0 Å². The van der Waals surface area contributed by atoms with Gasteiger partial charge in [-0.15, -0.1) is 0 Å². The van der Waals surface area contributed by atoms with Crippen molar-refractivity contribution in [1.82, 2.24) is 9.88 Å². The third-order valence-electron chi connectivity index (χ3n) is 3.21. The smallest absolute Gasteiger partial charge is 0.0578 e. The molecule has 2 nitrogen and oxygen atoms in total. The second-order valence-corrected chi connectivity index (χ2v) is 5.25. The van der Waals surface area contributed by atoms with Gasteiger partial charge in [0.05, 0.1) is 11.7 Å². The van der Waals surface area contributed by atoms with Crippen LogP contribution in [0.2, 0.25) is 0 Å². The van der Waals surface area contributed by atoms with Gasteiger partial charge in [0.15, 0.2) is 0 Å². The van der Waals surface area contributed by atoms with Gasteiger partial charge in [-0.3, -0.25) is 9.88 Å². The third-order valence-corrected chi connectivity index (χ3v) is 3.21. The van der Waals surface area contributed by atoms with Crippen LogP contribution in [-0.2, 0) is 0 Å². The fraction of sp³-hybridized carbons (Fsp3) is 0.643. The van der Waals surface area contributed by atoms with E-state index in [9.17, 15) is 0 Å². The standard InChI is InChI=1S/C14H22N2/c1-11(2)10-16-9-5-8-14(16)13-7-4-6-12(3)15-13/h4,6-7,11,14H,5,8-10H2,1-3H3. The van der Waals surface area contributed by atoms with Crippen molar-refractivity contribution >= 4 is 0 Å². The summed E-state index contributed by atoms with van der Waals surface area (Å²) in [5.41, 5.74) is 2.40. The number of likely N-dealkylation sites (tertiary alicyclic amines) is 1. The van der Waals surface area contributed by atoms with Gasteiger partial charge in [0.1, 0.15) is 0 Å². The number of hydrogen-bond donors (Lipinski definition) is 0. The van der Waals surface area contributed by atoms with Gasteiger partial charge < -0.3 is 0 Å². The number of rotatable bonds is 3. The van der Waals surface area contributed by atoms with Gasteiger partial charge in [-0.2, -0.15) is 0 Å². The molecule has 1 aromatic rings. The zero-order chi connectivity index (χ0) is 11.5. The molecule has 1 unspecified atom stereocenters. The third kappa shape index (κ3) is 2.62. The normalized spacial score (nSPS) is 21.9. The van der Waals surface area contributed by atoms with Crippen molar-refractivity contribution in [3.63, 3.8) is 0 Å². The molecule has 0 saturated carbocycles. The molecule has 2 rings (SSSR count). The Labute approximate surface area is 98.7 Å². The molecule has 0 aliphatic carbocycles. The lowest BCUT2D eigenvalue weighted by atomic mass is 10.1. The molecule has 2 heteroatoms. The van der Waals surface area contributed by atoms with E-state index in [-0.39, 0.29) is 0 Å². The second-order valence-electron chi connectivity index (χ2n) is 5.25. The van der Waals surface area contributed by atoms with Crippen molar-refractivity contribution in [2.75, 3.05) is 13.1 Å². The first kappa shape index (κ1) is 11.6. The van der Waals surface area contributed by atoms with Crippen LogP contribution in [0, 0.1) is 12.8 Å². The molecule has 0 amide bonds. The van der Waals surface area contributed by atoms with E-state index in [4.69, 9.17) is 0 Å². The van der Waals surface area contributed by atoms with Crippen molar-refractivity contribution in [2.24, 2.45) is 5.92 Å². The zero-order valence-corrected chi connectivity index (χ0v) is 10.6. The summed E-state index contributed by atoms with van der Waals surface area (Å²) in [5.74, 6) is 0.741. The highest BCUT2D eigenvalue weighted by molar-refractivity contribution is 5.14. The predicted molar refractivity (Wildman–Crippen MR) is 67.4 cm³/mol. The second kappa shape index (κ2) is 4.96. The summed E-state index contributed by atoms with van der Waals surface area (Å²) in [7, 11) is 0. The van der Waals surface area contributed by atoms with E-state index in [0.29, 0.717) is 6.04 Å². The Hall–Kier alpha value is -0.890. The Morgan fingerprint density at radius 3 is 2.94 bits per heavy atom.